The van der Waals surface area contributed by atoms with Crippen LogP contribution in [-0.4, -0.2) is 51.1 Å². The van der Waals surface area contributed by atoms with Gasteiger partial charge in [0.25, 0.3) is 11.5 Å². The number of nitrogens with zero attached hydrogens (tertiary/aromatic N) is 3. The fourth-order valence-electron chi connectivity index (χ4n) is 3.36. The second-order valence-electron chi connectivity index (χ2n) is 7.29. The number of morpholine rings is 1. The molecule has 0 radical (unpaired) electrons. The lowest BCUT2D eigenvalue weighted by atomic mass is 10.0. The number of rotatable bonds is 4. The van der Waals surface area contributed by atoms with Crippen LogP contribution in [-0.2, 0) is 11.3 Å². The Morgan fingerprint density at radius 3 is 2.78 bits per heavy atom. The number of hydrogen-bond acceptors (Lipinski definition) is 5. The van der Waals surface area contributed by atoms with Crippen LogP contribution < -0.4 is 11.2 Å². The van der Waals surface area contributed by atoms with E-state index in [0.717, 1.165) is 0 Å². The average molecular weight is 374 g/mol. The molecule has 1 unspecified atom stereocenters. The number of carbonyl (C=O) groups excluding carboxylic acids is 1. The molecule has 1 N–H and O–H groups in total. The van der Waals surface area contributed by atoms with Crippen LogP contribution in [0.5, 0.6) is 0 Å². The van der Waals surface area contributed by atoms with Gasteiger partial charge in [-0.2, -0.15) is 0 Å². The summed E-state index contributed by atoms with van der Waals surface area (Å²) in [5.74, 6) is -0.180. The molecular weight excluding hydrogens is 348 g/mol. The smallest absolute Gasteiger partial charge is 0.329 e. The fourth-order valence-corrected chi connectivity index (χ4v) is 3.36. The van der Waals surface area contributed by atoms with Gasteiger partial charge in [0, 0.05) is 25.3 Å². The maximum absolute atomic E-state index is 13.2. The van der Waals surface area contributed by atoms with E-state index < -0.39 is 11.2 Å². The minimum absolute atomic E-state index is 0.0500. The van der Waals surface area contributed by atoms with Crippen LogP contribution in [0.3, 0.4) is 0 Å². The Morgan fingerprint density at radius 1 is 1.41 bits per heavy atom. The standard InChI is InChI=1S/C19H26N4O4/c1-5-6-23-16-15(17(24)21-19(23)26)13(9-14(20-16)11(2)3)18(25)22-7-8-27-12(4)10-22/h9,11-12H,5-8,10H2,1-4H3,(H,21,24,26). The minimum atomic E-state index is -0.574. The van der Waals surface area contributed by atoms with Crippen molar-refractivity contribution >= 4 is 16.9 Å². The van der Waals surface area contributed by atoms with E-state index in [9.17, 15) is 14.4 Å². The highest BCUT2D eigenvalue weighted by Gasteiger charge is 2.27. The molecule has 8 heteroatoms. The van der Waals surface area contributed by atoms with Crippen molar-refractivity contribution in [3.8, 4) is 0 Å². The maximum atomic E-state index is 13.2. The molecule has 0 spiro atoms. The Bertz CT molecular complexity index is 976. The van der Waals surface area contributed by atoms with Gasteiger partial charge < -0.3 is 9.64 Å². The van der Waals surface area contributed by atoms with Gasteiger partial charge in [-0.15, -0.1) is 0 Å². The first kappa shape index (κ1) is 19.3. The van der Waals surface area contributed by atoms with Crippen LogP contribution in [0.25, 0.3) is 11.0 Å². The molecule has 0 aromatic carbocycles. The third-order valence-corrected chi connectivity index (χ3v) is 4.77. The largest absolute Gasteiger partial charge is 0.375 e. The number of hydrogen-bond donors (Lipinski definition) is 1. The van der Waals surface area contributed by atoms with E-state index in [0.29, 0.717) is 43.9 Å². The number of aromatic nitrogens is 3. The summed E-state index contributed by atoms with van der Waals surface area (Å²) in [6, 6.07) is 1.69. The minimum Gasteiger partial charge on any atom is -0.375 e. The van der Waals surface area contributed by atoms with Crippen LogP contribution in [0.15, 0.2) is 15.7 Å². The van der Waals surface area contributed by atoms with Crippen molar-refractivity contribution in [2.75, 3.05) is 19.7 Å². The van der Waals surface area contributed by atoms with Gasteiger partial charge in [-0.05, 0) is 25.3 Å². The zero-order chi connectivity index (χ0) is 19.7. The Kier molecular flexibility index (Phi) is 5.46. The highest BCUT2D eigenvalue weighted by Crippen LogP contribution is 2.22. The van der Waals surface area contributed by atoms with Gasteiger partial charge in [-0.25, -0.2) is 9.78 Å². The highest BCUT2D eigenvalue weighted by atomic mass is 16.5. The van der Waals surface area contributed by atoms with Crippen molar-refractivity contribution in [3.63, 3.8) is 0 Å². The number of aromatic amines is 1. The molecule has 2 aromatic heterocycles. The summed E-state index contributed by atoms with van der Waals surface area (Å²) in [7, 11) is 0. The average Bonchev–Trinajstić information content (AvgIpc) is 2.63. The summed E-state index contributed by atoms with van der Waals surface area (Å²) >= 11 is 0. The second-order valence-corrected chi connectivity index (χ2v) is 7.29. The van der Waals surface area contributed by atoms with Crippen LogP contribution in [0, 0.1) is 0 Å². The van der Waals surface area contributed by atoms with E-state index in [-0.39, 0.29) is 29.0 Å². The summed E-state index contributed by atoms with van der Waals surface area (Å²) in [6.45, 7) is 9.60. The maximum Gasteiger partial charge on any atom is 0.329 e. The monoisotopic (exact) mass is 374 g/mol. The summed E-state index contributed by atoms with van der Waals surface area (Å²) in [5, 5.41) is 0.177. The normalized spacial score (nSPS) is 17.7. The Balaban J connectivity index is 2.27. The molecule has 146 valence electrons. The van der Waals surface area contributed by atoms with Crippen LogP contribution in [0.4, 0.5) is 0 Å². The summed E-state index contributed by atoms with van der Waals surface area (Å²) in [5.41, 5.74) is 0.184. The van der Waals surface area contributed by atoms with Gasteiger partial charge in [0.2, 0.25) is 0 Å². The molecule has 1 atom stereocenters. The first-order chi connectivity index (χ1) is 12.8. The molecule has 1 aliphatic rings. The van der Waals surface area contributed by atoms with Gasteiger partial charge in [0.1, 0.15) is 0 Å². The lowest BCUT2D eigenvalue weighted by molar-refractivity contribution is -0.0123. The molecular formula is C19H26N4O4. The van der Waals surface area contributed by atoms with Crippen LogP contribution in [0.1, 0.15) is 56.1 Å². The van der Waals surface area contributed by atoms with Crippen LogP contribution >= 0.6 is 0 Å². The number of amides is 1. The van der Waals surface area contributed by atoms with Crippen molar-refractivity contribution < 1.29 is 9.53 Å². The number of carbonyl (C=O) groups is 1. The Labute approximate surface area is 157 Å². The fraction of sp³-hybridized carbons (Fsp3) is 0.579. The summed E-state index contributed by atoms with van der Waals surface area (Å²) in [4.78, 5) is 46.8. The van der Waals surface area contributed by atoms with E-state index in [2.05, 4.69) is 9.97 Å². The molecule has 3 rings (SSSR count). The van der Waals surface area contributed by atoms with E-state index >= 15 is 0 Å². The molecule has 1 amide bonds. The van der Waals surface area contributed by atoms with Gasteiger partial charge >= 0.3 is 5.69 Å². The molecule has 2 aromatic rings. The molecule has 1 fully saturated rings. The Hall–Kier alpha value is -2.48. The molecule has 0 saturated carbocycles. The predicted octanol–water partition coefficient (Wildman–Crippen LogP) is 1.48. The van der Waals surface area contributed by atoms with Crippen molar-refractivity contribution in [2.24, 2.45) is 0 Å². The third-order valence-electron chi connectivity index (χ3n) is 4.77. The topological polar surface area (TPSA) is 97.3 Å². The van der Waals surface area contributed by atoms with Gasteiger partial charge in [0.05, 0.1) is 23.7 Å². The highest BCUT2D eigenvalue weighted by molar-refractivity contribution is 6.05. The molecule has 3 heterocycles. The number of ether oxygens (including phenoxy) is 1. The molecule has 1 saturated heterocycles. The van der Waals surface area contributed by atoms with Gasteiger partial charge in [-0.1, -0.05) is 20.8 Å². The molecule has 27 heavy (non-hydrogen) atoms. The quantitative estimate of drug-likeness (QED) is 0.874. The predicted molar refractivity (Wildman–Crippen MR) is 102 cm³/mol. The zero-order valence-corrected chi connectivity index (χ0v) is 16.2. The van der Waals surface area contributed by atoms with E-state index in [4.69, 9.17) is 4.74 Å². The lowest BCUT2D eigenvalue weighted by Crippen LogP contribution is -2.45. The van der Waals surface area contributed by atoms with Crippen molar-refractivity contribution in [1.82, 2.24) is 19.4 Å². The van der Waals surface area contributed by atoms with Crippen molar-refractivity contribution in [2.45, 2.75) is 52.7 Å². The van der Waals surface area contributed by atoms with Gasteiger partial charge in [-0.3, -0.25) is 19.1 Å². The summed E-state index contributed by atoms with van der Waals surface area (Å²) < 4.78 is 6.96. The van der Waals surface area contributed by atoms with Crippen LogP contribution in [0.2, 0.25) is 0 Å². The molecule has 0 bridgehead atoms. The number of aryl methyl sites for hydroxylation is 1. The SMILES string of the molecule is CCCn1c(=O)[nH]c(=O)c2c(C(=O)N3CCOC(C)C3)cc(C(C)C)nc21. The molecule has 8 nitrogen and oxygen atoms in total. The number of pyridine rings is 1. The van der Waals surface area contributed by atoms with E-state index in [1.165, 1.54) is 4.57 Å². The Morgan fingerprint density at radius 2 is 2.15 bits per heavy atom. The lowest BCUT2D eigenvalue weighted by Gasteiger charge is -2.31. The van der Waals surface area contributed by atoms with E-state index in [1.54, 1.807) is 11.0 Å². The number of H-pyrrole nitrogens is 1. The second kappa shape index (κ2) is 7.64. The molecule has 0 aliphatic carbocycles. The number of nitrogens with one attached hydrogen (secondary N) is 1. The first-order valence-corrected chi connectivity index (χ1v) is 9.42. The summed E-state index contributed by atoms with van der Waals surface area (Å²) in [6.07, 6.45) is 0.649. The third kappa shape index (κ3) is 3.66. The van der Waals surface area contributed by atoms with Crippen molar-refractivity contribution in [3.05, 3.63) is 38.2 Å². The zero-order valence-electron chi connectivity index (χ0n) is 16.2. The first-order valence-electron chi connectivity index (χ1n) is 9.42. The van der Waals surface area contributed by atoms with Crippen molar-refractivity contribution in [1.29, 1.82) is 0 Å². The number of fused-ring (bicyclic) bond motifs is 1. The molecule has 1 aliphatic heterocycles. The van der Waals surface area contributed by atoms with E-state index in [1.807, 2.05) is 27.7 Å². The van der Waals surface area contributed by atoms with Gasteiger partial charge in [0.15, 0.2) is 5.65 Å².